The number of carbonyl (C=O) groups excluding carboxylic acids is 1. The summed E-state index contributed by atoms with van der Waals surface area (Å²) in [6.07, 6.45) is 3.15. The van der Waals surface area contributed by atoms with Gasteiger partial charge in [-0.2, -0.15) is 0 Å². The molecule has 0 unspecified atom stereocenters. The average Bonchev–Trinajstić information content (AvgIpc) is 2.45. The van der Waals surface area contributed by atoms with E-state index in [1.54, 1.807) is 37.6 Å². The maximum Gasteiger partial charge on any atom is 0.248 e. The lowest BCUT2D eigenvalue weighted by atomic mass is 10.1. The fraction of sp³-hybridized carbons (Fsp3) is 0.154. The molecule has 0 spiro atoms. The number of ether oxygens (including phenoxy) is 1. The number of benzene rings is 1. The van der Waals surface area contributed by atoms with E-state index >= 15 is 0 Å². The zero-order valence-electron chi connectivity index (χ0n) is 10.5. The summed E-state index contributed by atoms with van der Waals surface area (Å²) in [6.45, 7) is 0.501. The number of methoxy groups -OCH3 is 1. The molecule has 1 aromatic carbocycles. The summed E-state index contributed by atoms with van der Waals surface area (Å²) in [6, 6.07) is 6.78. The minimum atomic E-state index is -0.479. The van der Waals surface area contributed by atoms with Gasteiger partial charge >= 0.3 is 0 Å². The maximum absolute atomic E-state index is 11.2. The quantitative estimate of drug-likeness (QED) is 0.840. The lowest BCUT2D eigenvalue weighted by molar-refractivity contribution is 0.100. The van der Waals surface area contributed by atoms with E-state index in [4.69, 9.17) is 10.5 Å². The van der Waals surface area contributed by atoms with Crippen LogP contribution in [-0.4, -0.2) is 23.0 Å². The molecule has 2 aromatic rings. The van der Waals surface area contributed by atoms with Crippen molar-refractivity contribution in [2.75, 3.05) is 12.4 Å². The summed E-state index contributed by atoms with van der Waals surface area (Å²) < 4.78 is 5.22. The summed E-state index contributed by atoms with van der Waals surface area (Å²) in [5.74, 6) is 0.159. The van der Waals surface area contributed by atoms with Crippen LogP contribution in [0.3, 0.4) is 0 Å². The number of carbonyl (C=O) groups is 1. The molecule has 1 amide bonds. The number of nitrogens with one attached hydrogen (secondary N) is 1. The number of rotatable bonds is 5. The maximum atomic E-state index is 11.2. The molecule has 2 rings (SSSR count). The van der Waals surface area contributed by atoms with Gasteiger partial charge in [0.2, 0.25) is 5.91 Å². The zero-order chi connectivity index (χ0) is 13.7. The van der Waals surface area contributed by atoms with Crippen molar-refractivity contribution in [1.82, 2.24) is 9.97 Å². The van der Waals surface area contributed by atoms with Crippen molar-refractivity contribution in [3.8, 4) is 5.75 Å². The highest BCUT2D eigenvalue weighted by molar-refractivity contribution is 5.94. The minimum absolute atomic E-state index is 0.422. The number of aromatic nitrogens is 2. The largest absolute Gasteiger partial charge is 0.495 e. The van der Waals surface area contributed by atoms with Crippen LogP contribution in [0.15, 0.2) is 36.8 Å². The van der Waals surface area contributed by atoms with Gasteiger partial charge in [0, 0.05) is 11.8 Å². The highest BCUT2D eigenvalue weighted by Gasteiger charge is 2.07. The highest BCUT2D eigenvalue weighted by Crippen LogP contribution is 2.25. The van der Waals surface area contributed by atoms with Crippen LogP contribution in [0.1, 0.15) is 16.1 Å². The first-order valence-corrected chi connectivity index (χ1v) is 5.67. The van der Waals surface area contributed by atoms with Crippen LogP contribution in [0, 0.1) is 0 Å². The predicted octanol–water partition coefficient (Wildman–Crippen LogP) is 1.20. The zero-order valence-corrected chi connectivity index (χ0v) is 10.5. The molecule has 19 heavy (non-hydrogen) atoms. The fourth-order valence-corrected chi connectivity index (χ4v) is 1.61. The summed E-state index contributed by atoms with van der Waals surface area (Å²) in [4.78, 5) is 19.1. The Bertz CT molecular complexity index is 572. The van der Waals surface area contributed by atoms with Crippen LogP contribution in [0.2, 0.25) is 0 Å². The predicted molar refractivity (Wildman–Crippen MR) is 70.9 cm³/mol. The van der Waals surface area contributed by atoms with Gasteiger partial charge in [-0.3, -0.25) is 4.79 Å². The number of primary amides is 1. The summed E-state index contributed by atoms with van der Waals surface area (Å²) >= 11 is 0. The third kappa shape index (κ3) is 3.19. The number of amides is 1. The van der Waals surface area contributed by atoms with Gasteiger partial charge in [0.1, 0.15) is 12.1 Å². The molecule has 1 heterocycles. The fourth-order valence-electron chi connectivity index (χ4n) is 1.61. The molecule has 0 saturated heterocycles. The Kier molecular flexibility index (Phi) is 3.92. The first kappa shape index (κ1) is 12.8. The molecule has 0 saturated carbocycles. The third-order valence-electron chi connectivity index (χ3n) is 2.59. The Hall–Kier alpha value is -2.63. The Labute approximate surface area is 110 Å². The normalized spacial score (nSPS) is 9.95. The van der Waals surface area contributed by atoms with Crippen LogP contribution in [0.4, 0.5) is 5.69 Å². The number of anilines is 1. The first-order valence-electron chi connectivity index (χ1n) is 5.67. The van der Waals surface area contributed by atoms with Crippen molar-refractivity contribution >= 4 is 11.6 Å². The Morgan fingerprint density at radius 2 is 2.26 bits per heavy atom. The van der Waals surface area contributed by atoms with Gasteiger partial charge in [-0.1, -0.05) is 0 Å². The SMILES string of the molecule is COc1ccc(C(N)=O)cc1NCc1ccncn1. The van der Waals surface area contributed by atoms with Crippen LogP contribution in [-0.2, 0) is 6.54 Å². The van der Waals surface area contributed by atoms with Crippen molar-refractivity contribution < 1.29 is 9.53 Å². The molecule has 3 N–H and O–H groups in total. The van der Waals surface area contributed by atoms with E-state index in [0.717, 1.165) is 5.69 Å². The monoisotopic (exact) mass is 258 g/mol. The molecule has 6 heteroatoms. The molecule has 0 aliphatic carbocycles. The van der Waals surface area contributed by atoms with E-state index in [1.165, 1.54) is 6.33 Å². The highest BCUT2D eigenvalue weighted by atomic mass is 16.5. The van der Waals surface area contributed by atoms with Crippen LogP contribution < -0.4 is 15.8 Å². The molecular formula is C13H14N4O2. The molecule has 0 aliphatic rings. The molecule has 1 aromatic heterocycles. The molecule has 6 nitrogen and oxygen atoms in total. The lowest BCUT2D eigenvalue weighted by Gasteiger charge is -2.11. The second-order valence-electron chi connectivity index (χ2n) is 3.83. The smallest absolute Gasteiger partial charge is 0.248 e. The van der Waals surface area contributed by atoms with Gasteiger partial charge in [0.15, 0.2) is 0 Å². The number of hydrogen-bond donors (Lipinski definition) is 2. The molecule has 0 radical (unpaired) electrons. The Morgan fingerprint density at radius 3 is 2.89 bits per heavy atom. The molecule has 0 atom stereocenters. The van der Waals surface area contributed by atoms with E-state index in [0.29, 0.717) is 23.5 Å². The second-order valence-corrected chi connectivity index (χ2v) is 3.83. The second kappa shape index (κ2) is 5.81. The minimum Gasteiger partial charge on any atom is -0.495 e. The topological polar surface area (TPSA) is 90.1 Å². The van der Waals surface area contributed by atoms with Gasteiger partial charge in [-0.05, 0) is 24.3 Å². The summed E-state index contributed by atoms with van der Waals surface area (Å²) in [5.41, 5.74) is 7.20. The molecule has 0 aliphatic heterocycles. The Balaban J connectivity index is 2.18. The van der Waals surface area contributed by atoms with E-state index in [2.05, 4.69) is 15.3 Å². The molecular weight excluding hydrogens is 244 g/mol. The standard InChI is InChI=1S/C13H14N4O2/c1-19-12-3-2-9(13(14)18)6-11(12)16-7-10-4-5-15-8-17-10/h2-6,8,16H,7H2,1H3,(H2,14,18). The van der Waals surface area contributed by atoms with Crippen molar-refractivity contribution in [3.63, 3.8) is 0 Å². The van der Waals surface area contributed by atoms with Crippen molar-refractivity contribution in [3.05, 3.63) is 48.0 Å². The van der Waals surface area contributed by atoms with Crippen LogP contribution >= 0.6 is 0 Å². The van der Waals surface area contributed by atoms with Gasteiger partial charge in [-0.15, -0.1) is 0 Å². The van der Waals surface area contributed by atoms with Gasteiger partial charge in [-0.25, -0.2) is 9.97 Å². The van der Waals surface area contributed by atoms with E-state index in [-0.39, 0.29) is 0 Å². The average molecular weight is 258 g/mol. The Morgan fingerprint density at radius 1 is 1.42 bits per heavy atom. The van der Waals surface area contributed by atoms with Crippen LogP contribution in [0.5, 0.6) is 5.75 Å². The van der Waals surface area contributed by atoms with Crippen molar-refractivity contribution in [2.45, 2.75) is 6.54 Å². The van der Waals surface area contributed by atoms with Gasteiger partial charge in [0.25, 0.3) is 0 Å². The van der Waals surface area contributed by atoms with E-state index in [9.17, 15) is 4.79 Å². The van der Waals surface area contributed by atoms with Crippen LogP contribution in [0.25, 0.3) is 0 Å². The number of hydrogen-bond acceptors (Lipinski definition) is 5. The summed E-state index contributed by atoms with van der Waals surface area (Å²) in [7, 11) is 1.56. The van der Waals surface area contributed by atoms with Gasteiger partial charge < -0.3 is 15.8 Å². The molecule has 98 valence electrons. The third-order valence-corrected chi connectivity index (χ3v) is 2.59. The number of nitrogens with two attached hydrogens (primary N) is 1. The lowest BCUT2D eigenvalue weighted by Crippen LogP contribution is -2.12. The van der Waals surface area contributed by atoms with E-state index < -0.39 is 5.91 Å². The van der Waals surface area contributed by atoms with Gasteiger partial charge in [0.05, 0.1) is 25.0 Å². The molecule has 0 fully saturated rings. The summed E-state index contributed by atoms with van der Waals surface area (Å²) in [5, 5.41) is 3.15. The van der Waals surface area contributed by atoms with Crippen molar-refractivity contribution in [2.24, 2.45) is 5.73 Å². The molecule has 0 bridgehead atoms. The van der Waals surface area contributed by atoms with E-state index in [1.807, 2.05) is 0 Å². The first-order chi connectivity index (χ1) is 9.20. The number of nitrogens with zero attached hydrogens (tertiary/aromatic N) is 2. The van der Waals surface area contributed by atoms with Crippen molar-refractivity contribution in [1.29, 1.82) is 0 Å².